The van der Waals surface area contributed by atoms with Crippen LogP contribution in [0.5, 0.6) is 0 Å². The molecule has 106 valence electrons. The molecule has 2 rings (SSSR count). The zero-order valence-corrected chi connectivity index (χ0v) is 12.1. The van der Waals surface area contributed by atoms with Crippen molar-refractivity contribution in [2.45, 2.75) is 13.3 Å². The fraction of sp³-hybridized carbons (Fsp3) is 0.308. The number of nitrogens with zero attached hydrogens (tertiary/aromatic N) is 4. The normalized spacial score (nSPS) is 10.6. The van der Waals surface area contributed by atoms with Crippen LogP contribution in [0.4, 0.5) is 5.95 Å². The molecule has 0 fully saturated rings. The Labute approximate surface area is 121 Å². The van der Waals surface area contributed by atoms with E-state index >= 15 is 0 Å². The first kappa shape index (κ1) is 14.5. The van der Waals surface area contributed by atoms with E-state index in [0.29, 0.717) is 17.4 Å². The van der Waals surface area contributed by atoms with Crippen molar-refractivity contribution >= 4 is 17.5 Å². The molecule has 0 aliphatic heterocycles. The lowest BCUT2D eigenvalue weighted by Gasteiger charge is -2.16. The summed E-state index contributed by atoms with van der Waals surface area (Å²) in [5.41, 5.74) is 0.383. The number of aromatic nitrogens is 3. The Bertz CT molecular complexity index is 653. The highest BCUT2D eigenvalue weighted by Crippen LogP contribution is 2.19. The van der Waals surface area contributed by atoms with Gasteiger partial charge in [0.2, 0.25) is 5.95 Å². The predicted molar refractivity (Wildman–Crippen MR) is 79.5 cm³/mol. The van der Waals surface area contributed by atoms with Gasteiger partial charge in [-0.15, -0.1) is 0 Å². The Morgan fingerprint density at radius 2 is 1.95 bits per heavy atom. The highest BCUT2D eigenvalue weighted by Gasteiger charge is 2.12. The highest BCUT2D eigenvalue weighted by molar-refractivity contribution is 6.30. The molecule has 0 unspecified atom stereocenters. The second kappa shape index (κ2) is 6.02. The lowest BCUT2D eigenvalue weighted by molar-refractivity contribution is 0.725. The standard InChI is InChI=1S/C13H16ClN5O/c1-3-8-19(15)12-16-11(18(2)13(20)17-12)9-4-6-10(14)7-5-9/h4-7H,3,8,15H2,1-2H3. The molecule has 0 saturated carbocycles. The molecule has 1 aromatic carbocycles. The molecule has 20 heavy (non-hydrogen) atoms. The van der Waals surface area contributed by atoms with Crippen LogP contribution in [-0.2, 0) is 7.05 Å². The zero-order valence-electron chi connectivity index (χ0n) is 11.4. The van der Waals surface area contributed by atoms with Crippen LogP contribution in [0.1, 0.15) is 13.3 Å². The minimum atomic E-state index is -0.397. The van der Waals surface area contributed by atoms with E-state index in [1.165, 1.54) is 9.58 Å². The summed E-state index contributed by atoms with van der Waals surface area (Å²) in [5, 5.41) is 2.00. The fourth-order valence-electron chi connectivity index (χ4n) is 1.77. The average molecular weight is 294 g/mol. The van der Waals surface area contributed by atoms with E-state index in [4.69, 9.17) is 17.4 Å². The predicted octanol–water partition coefficient (Wildman–Crippen LogP) is 1.59. The lowest BCUT2D eigenvalue weighted by atomic mass is 10.2. The highest BCUT2D eigenvalue weighted by atomic mass is 35.5. The molecule has 0 aliphatic rings. The molecule has 1 heterocycles. The molecule has 2 aromatic rings. The summed E-state index contributed by atoms with van der Waals surface area (Å²) in [7, 11) is 1.62. The monoisotopic (exact) mass is 293 g/mol. The summed E-state index contributed by atoms with van der Waals surface area (Å²) in [6, 6.07) is 7.09. The number of anilines is 1. The van der Waals surface area contributed by atoms with Crippen LogP contribution >= 0.6 is 11.6 Å². The molecular weight excluding hydrogens is 278 g/mol. The van der Waals surface area contributed by atoms with Crippen LogP contribution in [0.2, 0.25) is 5.02 Å². The Morgan fingerprint density at radius 3 is 2.55 bits per heavy atom. The van der Waals surface area contributed by atoms with Gasteiger partial charge in [-0.2, -0.15) is 9.97 Å². The van der Waals surface area contributed by atoms with Crippen molar-refractivity contribution in [1.29, 1.82) is 0 Å². The first-order valence-corrected chi connectivity index (χ1v) is 6.64. The first-order chi connectivity index (χ1) is 9.52. The van der Waals surface area contributed by atoms with Gasteiger partial charge in [0.25, 0.3) is 0 Å². The van der Waals surface area contributed by atoms with Crippen molar-refractivity contribution in [3.8, 4) is 11.4 Å². The number of hydrogen-bond acceptors (Lipinski definition) is 5. The van der Waals surface area contributed by atoms with Gasteiger partial charge in [0, 0.05) is 24.2 Å². The summed E-state index contributed by atoms with van der Waals surface area (Å²) < 4.78 is 1.38. The van der Waals surface area contributed by atoms with Crippen LogP contribution < -0.4 is 16.5 Å². The molecule has 0 bridgehead atoms. The molecule has 6 nitrogen and oxygen atoms in total. The van der Waals surface area contributed by atoms with E-state index < -0.39 is 5.69 Å². The summed E-state index contributed by atoms with van der Waals surface area (Å²) in [6.07, 6.45) is 0.839. The number of benzene rings is 1. The molecule has 0 atom stereocenters. The number of rotatable bonds is 4. The molecule has 7 heteroatoms. The SMILES string of the molecule is CCCN(N)c1nc(-c2ccc(Cl)cc2)n(C)c(=O)n1. The third-order valence-electron chi connectivity index (χ3n) is 2.83. The summed E-state index contributed by atoms with van der Waals surface area (Å²) >= 11 is 5.86. The quantitative estimate of drug-likeness (QED) is 0.684. The first-order valence-electron chi connectivity index (χ1n) is 6.26. The fourth-order valence-corrected chi connectivity index (χ4v) is 1.90. The molecule has 0 amide bonds. The van der Waals surface area contributed by atoms with Crippen LogP contribution in [0.3, 0.4) is 0 Å². The number of hydrogen-bond donors (Lipinski definition) is 1. The van der Waals surface area contributed by atoms with Crippen LogP contribution in [0.15, 0.2) is 29.1 Å². The largest absolute Gasteiger partial charge is 0.352 e. The zero-order chi connectivity index (χ0) is 14.7. The average Bonchev–Trinajstić information content (AvgIpc) is 2.43. The van der Waals surface area contributed by atoms with Gasteiger partial charge in [-0.25, -0.2) is 10.6 Å². The van der Waals surface area contributed by atoms with Gasteiger partial charge in [-0.3, -0.25) is 9.58 Å². The third-order valence-corrected chi connectivity index (χ3v) is 3.08. The van der Waals surface area contributed by atoms with Crippen LogP contribution in [0.25, 0.3) is 11.4 Å². The maximum absolute atomic E-state index is 11.9. The van der Waals surface area contributed by atoms with Crippen molar-refractivity contribution in [1.82, 2.24) is 14.5 Å². The van der Waals surface area contributed by atoms with Crippen molar-refractivity contribution in [2.24, 2.45) is 12.9 Å². The van der Waals surface area contributed by atoms with Gasteiger partial charge in [-0.05, 0) is 30.7 Å². The minimum absolute atomic E-state index is 0.222. The van der Waals surface area contributed by atoms with Gasteiger partial charge in [0.1, 0.15) is 5.82 Å². The van der Waals surface area contributed by atoms with Gasteiger partial charge in [-0.1, -0.05) is 18.5 Å². The molecular formula is C13H16ClN5O. The van der Waals surface area contributed by atoms with E-state index in [2.05, 4.69) is 9.97 Å². The number of halogens is 1. The molecule has 0 aliphatic carbocycles. The Morgan fingerprint density at radius 1 is 1.30 bits per heavy atom. The summed E-state index contributed by atoms with van der Waals surface area (Å²) in [5.74, 6) is 6.56. The lowest BCUT2D eigenvalue weighted by Crippen LogP contribution is -2.36. The molecule has 0 saturated heterocycles. The van der Waals surface area contributed by atoms with Crippen molar-refractivity contribution < 1.29 is 0 Å². The van der Waals surface area contributed by atoms with Gasteiger partial charge in [0.05, 0.1) is 0 Å². The van der Waals surface area contributed by atoms with Gasteiger partial charge < -0.3 is 0 Å². The summed E-state index contributed by atoms with van der Waals surface area (Å²) in [4.78, 5) is 20.1. The number of nitrogens with two attached hydrogens (primary N) is 1. The van der Waals surface area contributed by atoms with Crippen LogP contribution in [0, 0.1) is 0 Å². The van der Waals surface area contributed by atoms with E-state index in [-0.39, 0.29) is 5.95 Å². The van der Waals surface area contributed by atoms with E-state index in [1.807, 2.05) is 6.92 Å². The molecule has 0 spiro atoms. The second-order valence-corrected chi connectivity index (χ2v) is 4.83. The molecule has 2 N–H and O–H groups in total. The van der Waals surface area contributed by atoms with Crippen molar-refractivity contribution in [3.05, 3.63) is 39.8 Å². The Balaban J connectivity index is 2.52. The van der Waals surface area contributed by atoms with E-state index in [1.54, 1.807) is 31.3 Å². The Kier molecular flexibility index (Phi) is 4.36. The maximum Gasteiger partial charge on any atom is 0.352 e. The van der Waals surface area contributed by atoms with Gasteiger partial charge in [0.15, 0.2) is 0 Å². The van der Waals surface area contributed by atoms with E-state index in [0.717, 1.165) is 12.0 Å². The summed E-state index contributed by atoms with van der Waals surface area (Å²) in [6.45, 7) is 2.56. The Hall–Kier alpha value is -1.92. The van der Waals surface area contributed by atoms with Crippen molar-refractivity contribution in [2.75, 3.05) is 11.6 Å². The van der Waals surface area contributed by atoms with Crippen LogP contribution in [-0.4, -0.2) is 21.1 Å². The van der Waals surface area contributed by atoms with E-state index in [9.17, 15) is 4.79 Å². The molecule has 0 radical (unpaired) electrons. The molecule has 1 aromatic heterocycles. The van der Waals surface area contributed by atoms with Gasteiger partial charge >= 0.3 is 5.69 Å². The third kappa shape index (κ3) is 2.97. The smallest absolute Gasteiger partial charge is 0.279 e. The maximum atomic E-state index is 11.9. The topological polar surface area (TPSA) is 77.0 Å². The number of hydrazine groups is 1. The van der Waals surface area contributed by atoms with Crippen molar-refractivity contribution in [3.63, 3.8) is 0 Å². The minimum Gasteiger partial charge on any atom is -0.279 e. The second-order valence-electron chi connectivity index (χ2n) is 4.39.